The van der Waals surface area contributed by atoms with Gasteiger partial charge in [0.05, 0.1) is 23.5 Å². The third-order valence-electron chi connectivity index (χ3n) is 3.20. The van der Waals surface area contributed by atoms with Crippen molar-refractivity contribution >= 4 is 11.7 Å². The van der Waals surface area contributed by atoms with E-state index in [9.17, 15) is 9.90 Å². The molecule has 1 atom stereocenters. The van der Waals surface area contributed by atoms with Crippen molar-refractivity contribution in [1.82, 2.24) is 4.98 Å². The van der Waals surface area contributed by atoms with E-state index >= 15 is 0 Å². The number of nitrogens with one attached hydrogen (secondary N) is 1. The van der Waals surface area contributed by atoms with Gasteiger partial charge < -0.3 is 15.2 Å². The lowest BCUT2D eigenvalue weighted by molar-refractivity contribution is 0.0696. The molecule has 0 amide bonds. The number of aromatic nitrogens is 1. The van der Waals surface area contributed by atoms with Gasteiger partial charge in [0, 0.05) is 12.3 Å². The molecule has 2 rings (SSSR count). The Labute approximate surface area is 106 Å². The molecule has 0 aromatic carbocycles. The highest BCUT2D eigenvalue weighted by molar-refractivity contribution is 5.95. The fraction of sp³-hybridized carbons (Fsp3) is 0.538. The second kappa shape index (κ2) is 4.57. The van der Waals surface area contributed by atoms with Crippen molar-refractivity contribution in [3.05, 3.63) is 23.0 Å². The molecule has 1 aliphatic rings. The van der Waals surface area contributed by atoms with Gasteiger partial charge in [-0.15, -0.1) is 0 Å². The van der Waals surface area contributed by atoms with Crippen LogP contribution in [0, 0.1) is 13.8 Å². The van der Waals surface area contributed by atoms with E-state index in [0.29, 0.717) is 24.6 Å². The molecule has 1 aromatic rings. The SMILES string of the molecule is Cc1cc(NC2(C)CCOC2)c(C(=O)O)c(C)n1. The Kier molecular flexibility index (Phi) is 3.26. The molecule has 1 fully saturated rings. The molecule has 0 spiro atoms. The predicted molar refractivity (Wildman–Crippen MR) is 68.1 cm³/mol. The molecule has 1 saturated heterocycles. The standard InChI is InChI=1S/C13H18N2O3/c1-8-6-10(11(12(16)17)9(2)14-8)15-13(3)4-5-18-7-13/h6H,4-5,7H2,1-3H3,(H,14,15)(H,16,17). The van der Waals surface area contributed by atoms with Crippen LogP contribution < -0.4 is 5.32 Å². The quantitative estimate of drug-likeness (QED) is 0.858. The summed E-state index contributed by atoms with van der Waals surface area (Å²) in [6.45, 7) is 6.91. The van der Waals surface area contributed by atoms with Crippen LogP contribution in [0.2, 0.25) is 0 Å². The first-order chi connectivity index (χ1) is 8.41. The van der Waals surface area contributed by atoms with Crippen LogP contribution in [0.3, 0.4) is 0 Å². The molecule has 1 aromatic heterocycles. The van der Waals surface area contributed by atoms with Gasteiger partial charge in [0.25, 0.3) is 0 Å². The Bertz CT molecular complexity index is 479. The summed E-state index contributed by atoms with van der Waals surface area (Å²) in [5, 5.41) is 12.6. The van der Waals surface area contributed by atoms with Gasteiger partial charge in [0.1, 0.15) is 5.56 Å². The van der Waals surface area contributed by atoms with E-state index in [-0.39, 0.29) is 11.1 Å². The molecule has 0 radical (unpaired) electrons. The van der Waals surface area contributed by atoms with Crippen molar-refractivity contribution in [2.75, 3.05) is 18.5 Å². The number of ether oxygens (including phenoxy) is 1. The van der Waals surface area contributed by atoms with Gasteiger partial charge in [0.15, 0.2) is 0 Å². The van der Waals surface area contributed by atoms with Crippen molar-refractivity contribution in [1.29, 1.82) is 0 Å². The minimum absolute atomic E-state index is 0.204. The van der Waals surface area contributed by atoms with Crippen LogP contribution in [0.1, 0.15) is 35.1 Å². The number of carboxylic acids is 1. The van der Waals surface area contributed by atoms with Crippen molar-refractivity contribution in [2.45, 2.75) is 32.7 Å². The molecular weight excluding hydrogens is 232 g/mol. The van der Waals surface area contributed by atoms with E-state index < -0.39 is 5.97 Å². The van der Waals surface area contributed by atoms with Crippen LogP contribution in [0.4, 0.5) is 5.69 Å². The first-order valence-corrected chi connectivity index (χ1v) is 5.99. The van der Waals surface area contributed by atoms with Crippen molar-refractivity contribution in [2.24, 2.45) is 0 Å². The summed E-state index contributed by atoms with van der Waals surface area (Å²) >= 11 is 0. The fourth-order valence-corrected chi connectivity index (χ4v) is 2.29. The van der Waals surface area contributed by atoms with Crippen molar-refractivity contribution in [3.8, 4) is 0 Å². The van der Waals surface area contributed by atoms with E-state index in [1.54, 1.807) is 13.0 Å². The monoisotopic (exact) mass is 250 g/mol. The Hall–Kier alpha value is -1.62. The number of rotatable bonds is 3. The first-order valence-electron chi connectivity index (χ1n) is 5.99. The second-order valence-electron chi connectivity index (χ2n) is 5.07. The smallest absolute Gasteiger partial charge is 0.339 e. The van der Waals surface area contributed by atoms with Crippen LogP contribution >= 0.6 is 0 Å². The molecule has 5 heteroatoms. The Balaban J connectivity index is 2.39. The van der Waals surface area contributed by atoms with Gasteiger partial charge >= 0.3 is 5.97 Å². The summed E-state index contributed by atoms with van der Waals surface area (Å²) in [4.78, 5) is 15.5. The number of hydrogen-bond donors (Lipinski definition) is 2. The van der Waals surface area contributed by atoms with Crippen molar-refractivity contribution < 1.29 is 14.6 Å². The number of aryl methyl sites for hydroxylation is 2. The normalized spacial score (nSPS) is 23.1. The Morgan fingerprint density at radius 2 is 2.28 bits per heavy atom. The summed E-state index contributed by atoms with van der Waals surface area (Å²) < 4.78 is 5.37. The summed E-state index contributed by atoms with van der Waals surface area (Å²) in [5.41, 5.74) is 2.01. The highest BCUT2D eigenvalue weighted by Gasteiger charge is 2.31. The lowest BCUT2D eigenvalue weighted by Gasteiger charge is -2.26. The molecule has 5 nitrogen and oxygen atoms in total. The Morgan fingerprint density at radius 3 is 2.83 bits per heavy atom. The van der Waals surface area contributed by atoms with Crippen LogP contribution in [0.15, 0.2) is 6.07 Å². The van der Waals surface area contributed by atoms with Gasteiger partial charge in [-0.05, 0) is 33.3 Å². The lowest BCUT2D eigenvalue weighted by atomic mass is 10.00. The van der Waals surface area contributed by atoms with E-state index in [0.717, 1.165) is 12.1 Å². The maximum Gasteiger partial charge on any atom is 0.339 e. The number of aromatic carboxylic acids is 1. The average molecular weight is 250 g/mol. The highest BCUT2D eigenvalue weighted by atomic mass is 16.5. The zero-order valence-corrected chi connectivity index (χ0v) is 10.9. The zero-order valence-electron chi connectivity index (χ0n) is 10.9. The largest absolute Gasteiger partial charge is 0.478 e. The molecule has 1 unspecified atom stereocenters. The van der Waals surface area contributed by atoms with Crippen LogP contribution in [0.5, 0.6) is 0 Å². The second-order valence-corrected chi connectivity index (χ2v) is 5.07. The number of hydrogen-bond acceptors (Lipinski definition) is 4. The molecule has 0 aliphatic carbocycles. The molecule has 0 saturated carbocycles. The van der Waals surface area contributed by atoms with Gasteiger partial charge in [-0.1, -0.05) is 0 Å². The number of pyridine rings is 1. The lowest BCUT2D eigenvalue weighted by Crippen LogP contribution is -2.35. The molecule has 2 N–H and O–H groups in total. The highest BCUT2D eigenvalue weighted by Crippen LogP contribution is 2.27. The molecule has 2 heterocycles. The summed E-state index contributed by atoms with van der Waals surface area (Å²) in [6, 6.07) is 1.78. The summed E-state index contributed by atoms with van der Waals surface area (Å²) in [6.07, 6.45) is 0.868. The molecule has 1 aliphatic heterocycles. The predicted octanol–water partition coefficient (Wildman–Crippen LogP) is 1.99. The third kappa shape index (κ3) is 2.46. The fourth-order valence-electron chi connectivity index (χ4n) is 2.29. The number of anilines is 1. The zero-order chi connectivity index (χ0) is 13.3. The molecule has 18 heavy (non-hydrogen) atoms. The van der Waals surface area contributed by atoms with E-state index in [1.165, 1.54) is 0 Å². The van der Waals surface area contributed by atoms with Crippen LogP contribution in [-0.4, -0.2) is 34.8 Å². The van der Waals surface area contributed by atoms with E-state index in [4.69, 9.17) is 4.74 Å². The van der Waals surface area contributed by atoms with Crippen molar-refractivity contribution in [3.63, 3.8) is 0 Å². The molecular formula is C13H18N2O3. The van der Waals surface area contributed by atoms with Gasteiger partial charge in [-0.2, -0.15) is 0 Å². The minimum Gasteiger partial charge on any atom is -0.478 e. The maximum absolute atomic E-state index is 11.3. The molecule has 0 bridgehead atoms. The maximum atomic E-state index is 11.3. The van der Waals surface area contributed by atoms with Crippen LogP contribution in [0.25, 0.3) is 0 Å². The Morgan fingerprint density at radius 1 is 1.56 bits per heavy atom. The van der Waals surface area contributed by atoms with Gasteiger partial charge in [-0.3, -0.25) is 4.98 Å². The van der Waals surface area contributed by atoms with E-state index in [2.05, 4.69) is 10.3 Å². The number of carboxylic acid groups (broad SMARTS) is 1. The minimum atomic E-state index is -0.954. The van der Waals surface area contributed by atoms with Crippen LogP contribution in [-0.2, 0) is 4.74 Å². The van der Waals surface area contributed by atoms with Gasteiger partial charge in [-0.25, -0.2) is 4.79 Å². The average Bonchev–Trinajstić information content (AvgIpc) is 2.62. The first kappa shape index (κ1) is 12.8. The topological polar surface area (TPSA) is 71.5 Å². The third-order valence-corrected chi connectivity index (χ3v) is 3.20. The number of carbonyl (C=O) groups is 1. The van der Waals surface area contributed by atoms with E-state index in [1.807, 2.05) is 13.8 Å². The number of nitrogens with zero attached hydrogens (tertiary/aromatic N) is 1. The summed E-state index contributed by atoms with van der Waals surface area (Å²) in [7, 11) is 0. The summed E-state index contributed by atoms with van der Waals surface area (Å²) in [5.74, 6) is -0.954. The molecule has 98 valence electrons. The van der Waals surface area contributed by atoms with Gasteiger partial charge in [0.2, 0.25) is 0 Å².